The van der Waals surface area contributed by atoms with Gasteiger partial charge in [0.15, 0.2) is 0 Å². The van der Waals surface area contributed by atoms with E-state index in [-0.39, 0.29) is 24.7 Å². The Kier molecular flexibility index (Phi) is 4.88. The summed E-state index contributed by atoms with van der Waals surface area (Å²) >= 11 is 0. The van der Waals surface area contributed by atoms with E-state index in [2.05, 4.69) is 10.4 Å². The van der Waals surface area contributed by atoms with Crippen LogP contribution in [0.15, 0.2) is 0 Å². The Morgan fingerprint density at radius 3 is 2.81 bits per heavy atom. The predicted octanol–water partition coefficient (Wildman–Crippen LogP) is 1.13. The second kappa shape index (κ2) is 6.47. The highest BCUT2D eigenvalue weighted by Gasteiger charge is 2.28. The number of aryl methyl sites for hydroxylation is 2. The van der Waals surface area contributed by atoms with Crippen LogP contribution in [-0.2, 0) is 13.5 Å². The summed E-state index contributed by atoms with van der Waals surface area (Å²) in [5, 5.41) is 16.7. The van der Waals surface area contributed by atoms with Gasteiger partial charge in [0.2, 0.25) is 0 Å². The van der Waals surface area contributed by atoms with Gasteiger partial charge in [0.05, 0.1) is 18.3 Å². The lowest BCUT2D eigenvalue weighted by atomic mass is 10.1. The summed E-state index contributed by atoms with van der Waals surface area (Å²) in [6.07, 6.45) is 2.63. The van der Waals surface area contributed by atoms with Gasteiger partial charge in [-0.25, -0.2) is 4.79 Å². The molecule has 0 spiro atoms. The fourth-order valence-electron chi connectivity index (χ4n) is 3.06. The number of likely N-dealkylation sites (tertiary alicyclic amines) is 1. The Bertz CT molecular complexity index is 512. The van der Waals surface area contributed by atoms with Crippen molar-refractivity contribution in [1.29, 1.82) is 0 Å². The van der Waals surface area contributed by atoms with Crippen molar-refractivity contribution in [3.63, 3.8) is 0 Å². The number of carbonyl (C=O) groups excluding carboxylic acids is 1. The third-order valence-corrected chi connectivity index (χ3v) is 4.39. The predicted molar refractivity (Wildman–Crippen MR) is 81.2 cm³/mol. The molecule has 0 aromatic carbocycles. The molecule has 1 aromatic heterocycles. The first-order valence-corrected chi connectivity index (χ1v) is 7.61. The van der Waals surface area contributed by atoms with Crippen LogP contribution >= 0.6 is 0 Å². The Labute approximate surface area is 126 Å². The minimum atomic E-state index is -0.0711. The number of nitrogens with zero attached hydrogens (tertiary/aromatic N) is 3. The second-order valence-electron chi connectivity index (χ2n) is 6.00. The molecule has 1 saturated heterocycles. The lowest BCUT2D eigenvalue weighted by Gasteiger charge is -2.25. The van der Waals surface area contributed by atoms with Gasteiger partial charge in [-0.1, -0.05) is 0 Å². The molecule has 6 nitrogen and oxygen atoms in total. The van der Waals surface area contributed by atoms with E-state index in [9.17, 15) is 9.90 Å². The number of aliphatic hydroxyl groups excluding tert-OH is 1. The molecule has 21 heavy (non-hydrogen) atoms. The van der Waals surface area contributed by atoms with Crippen LogP contribution in [0, 0.1) is 13.8 Å². The van der Waals surface area contributed by atoms with Gasteiger partial charge in [0.1, 0.15) is 0 Å². The van der Waals surface area contributed by atoms with Crippen LogP contribution in [-0.4, -0.2) is 51.1 Å². The van der Waals surface area contributed by atoms with Gasteiger partial charge < -0.3 is 15.3 Å². The van der Waals surface area contributed by atoms with Crippen molar-refractivity contribution in [1.82, 2.24) is 20.0 Å². The van der Waals surface area contributed by atoms with Crippen molar-refractivity contribution in [2.24, 2.45) is 7.05 Å². The molecule has 2 N–H and O–H groups in total. The standard InChI is InChI=1S/C15H26N4O2/c1-10(8-14-11(2)17-18(4)12(14)3)16-15(21)19-7-5-6-13(19)9-20/h10,13,20H,5-9H2,1-4H3,(H,16,21)/t10-,13-/m1/s1. The summed E-state index contributed by atoms with van der Waals surface area (Å²) < 4.78 is 1.88. The average molecular weight is 294 g/mol. The minimum Gasteiger partial charge on any atom is -0.394 e. The molecule has 0 saturated carbocycles. The van der Waals surface area contributed by atoms with Crippen LogP contribution in [0.2, 0.25) is 0 Å². The highest BCUT2D eigenvalue weighted by Crippen LogP contribution is 2.18. The number of hydrogen-bond acceptors (Lipinski definition) is 3. The average Bonchev–Trinajstić information content (AvgIpc) is 2.99. The van der Waals surface area contributed by atoms with Crippen LogP contribution in [0.4, 0.5) is 4.79 Å². The zero-order valence-corrected chi connectivity index (χ0v) is 13.4. The topological polar surface area (TPSA) is 70.4 Å². The maximum Gasteiger partial charge on any atom is 0.317 e. The van der Waals surface area contributed by atoms with E-state index in [1.807, 2.05) is 32.5 Å². The van der Waals surface area contributed by atoms with E-state index in [4.69, 9.17) is 0 Å². The van der Waals surface area contributed by atoms with Crippen LogP contribution in [0.5, 0.6) is 0 Å². The number of rotatable bonds is 4. The molecule has 0 unspecified atom stereocenters. The molecular formula is C15H26N4O2. The molecule has 2 amide bonds. The molecule has 1 aliphatic heterocycles. The van der Waals surface area contributed by atoms with Gasteiger partial charge in [0.25, 0.3) is 0 Å². The van der Waals surface area contributed by atoms with Crippen molar-refractivity contribution in [3.8, 4) is 0 Å². The van der Waals surface area contributed by atoms with E-state index < -0.39 is 0 Å². The summed E-state index contributed by atoms with van der Waals surface area (Å²) in [4.78, 5) is 14.0. The molecule has 1 aliphatic rings. The highest BCUT2D eigenvalue weighted by molar-refractivity contribution is 5.75. The van der Waals surface area contributed by atoms with Crippen molar-refractivity contribution in [2.75, 3.05) is 13.2 Å². The number of carbonyl (C=O) groups is 1. The van der Waals surface area contributed by atoms with Crippen molar-refractivity contribution in [2.45, 2.75) is 52.1 Å². The summed E-state index contributed by atoms with van der Waals surface area (Å²) in [5.74, 6) is 0. The quantitative estimate of drug-likeness (QED) is 0.874. The maximum atomic E-state index is 12.3. The second-order valence-corrected chi connectivity index (χ2v) is 6.00. The number of aromatic nitrogens is 2. The van der Waals surface area contributed by atoms with Crippen molar-refractivity contribution in [3.05, 3.63) is 17.0 Å². The number of urea groups is 1. The van der Waals surface area contributed by atoms with Crippen LogP contribution in [0.25, 0.3) is 0 Å². The van der Waals surface area contributed by atoms with Gasteiger partial charge >= 0.3 is 6.03 Å². The van der Waals surface area contributed by atoms with Gasteiger partial charge in [-0.15, -0.1) is 0 Å². The monoisotopic (exact) mass is 294 g/mol. The molecule has 2 heterocycles. The number of nitrogens with one attached hydrogen (secondary N) is 1. The van der Waals surface area contributed by atoms with Gasteiger partial charge in [-0.2, -0.15) is 5.10 Å². The van der Waals surface area contributed by atoms with Gasteiger partial charge in [-0.05, 0) is 45.6 Å². The van der Waals surface area contributed by atoms with E-state index in [0.29, 0.717) is 0 Å². The Morgan fingerprint density at radius 2 is 2.24 bits per heavy atom. The molecule has 0 bridgehead atoms. The van der Waals surface area contributed by atoms with Crippen LogP contribution < -0.4 is 5.32 Å². The molecular weight excluding hydrogens is 268 g/mol. The molecule has 0 radical (unpaired) electrons. The zero-order chi connectivity index (χ0) is 15.6. The Hall–Kier alpha value is -1.56. The summed E-state index contributed by atoms with van der Waals surface area (Å²) in [6, 6.07) is -0.0589. The molecule has 1 aromatic rings. The van der Waals surface area contributed by atoms with E-state index in [1.165, 1.54) is 5.56 Å². The molecule has 1 fully saturated rings. The van der Waals surface area contributed by atoms with E-state index in [0.717, 1.165) is 37.2 Å². The third-order valence-electron chi connectivity index (χ3n) is 4.39. The number of aliphatic hydroxyl groups is 1. The number of amides is 2. The van der Waals surface area contributed by atoms with E-state index >= 15 is 0 Å². The summed E-state index contributed by atoms with van der Waals surface area (Å²) in [5.41, 5.74) is 3.36. The third kappa shape index (κ3) is 3.37. The maximum absolute atomic E-state index is 12.3. The SMILES string of the molecule is Cc1nn(C)c(C)c1C[C@@H](C)NC(=O)N1CCC[C@@H]1CO. The molecule has 118 valence electrons. The first-order valence-electron chi connectivity index (χ1n) is 7.61. The molecule has 6 heteroatoms. The summed E-state index contributed by atoms with van der Waals surface area (Å²) in [7, 11) is 1.94. The van der Waals surface area contributed by atoms with E-state index in [1.54, 1.807) is 4.90 Å². The highest BCUT2D eigenvalue weighted by atomic mass is 16.3. The van der Waals surface area contributed by atoms with Crippen LogP contribution in [0.3, 0.4) is 0 Å². The van der Waals surface area contributed by atoms with Crippen molar-refractivity contribution < 1.29 is 9.90 Å². The fourth-order valence-corrected chi connectivity index (χ4v) is 3.06. The van der Waals surface area contributed by atoms with Crippen molar-refractivity contribution >= 4 is 6.03 Å². The minimum absolute atomic E-state index is 0.0286. The first-order chi connectivity index (χ1) is 9.93. The Morgan fingerprint density at radius 1 is 1.52 bits per heavy atom. The molecule has 2 rings (SSSR count). The lowest BCUT2D eigenvalue weighted by Crippen LogP contribution is -2.47. The van der Waals surface area contributed by atoms with Gasteiger partial charge in [-0.3, -0.25) is 4.68 Å². The molecule has 0 aliphatic carbocycles. The molecule has 2 atom stereocenters. The Balaban J connectivity index is 1.95. The van der Waals surface area contributed by atoms with Gasteiger partial charge in [0, 0.05) is 25.3 Å². The fraction of sp³-hybridized carbons (Fsp3) is 0.733. The summed E-state index contributed by atoms with van der Waals surface area (Å²) in [6.45, 7) is 6.83. The largest absolute Gasteiger partial charge is 0.394 e. The number of hydrogen-bond donors (Lipinski definition) is 2. The lowest BCUT2D eigenvalue weighted by molar-refractivity contribution is 0.155. The first kappa shape index (κ1) is 15.8. The zero-order valence-electron chi connectivity index (χ0n) is 13.4. The van der Waals surface area contributed by atoms with Crippen LogP contribution in [0.1, 0.15) is 36.7 Å². The normalized spacial score (nSPS) is 19.9. The smallest absolute Gasteiger partial charge is 0.317 e.